The molecule has 0 aliphatic rings. The number of rotatable bonds is 7. The van der Waals surface area contributed by atoms with E-state index in [-0.39, 0.29) is 5.97 Å². The molecule has 1 aromatic carbocycles. The number of para-hydroxylation sites is 1. The topological polar surface area (TPSA) is 35.5 Å². The molecule has 0 heterocycles. The molecule has 1 unspecified atom stereocenters. The van der Waals surface area contributed by atoms with Crippen LogP contribution in [0.1, 0.15) is 45.1 Å². The summed E-state index contributed by atoms with van der Waals surface area (Å²) in [6.45, 7) is 6.65. The van der Waals surface area contributed by atoms with E-state index in [1.54, 1.807) is 6.08 Å². The van der Waals surface area contributed by atoms with Crippen molar-refractivity contribution in [2.24, 2.45) is 0 Å². The first-order valence-corrected chi connectivity index (χ1v) is 7.13. The Morgan fingerprint density at radius 2 is 2.00 bits per heavy atom. The zero-order chi connectivity index (χ0) is 15.0. The number of esters is 1. The molecule has 0 fully saturated rings. The van der Waals surface area contributed by atoms with Crippen molar-refractivity contribution in [2.45, 2.75) is 39.5 Å². The van der Waals surface area contributed by atoms with Gasteiger partial charge in [0.05, 0.1) is 7.11 Å². The average Bonchev–Trinajstić information content (AvgIpc) is 2.50. The van der Waals surface area contributed by atoms with Crippen LogP contribution >= 0.6 is 0 Å². The van der Waals surface area contributed by atoms with Gasteiger partial charge in [-0.05, 0) is 36.5 Å². The van der Waals surface area contributed by atoms with Crippen molar-refractivity contribution in [3.63, 3.8) is 0 Å². The molecular weight excluding hydrogens is 252 g/mol. The van der Waals surface area contributed by atoms with Gasteiger partial charge in [-0.25, -0.2) is 4.79 Å². The Kier molecular flexibility index (Phi) is 6.85. The molecule has 20 heavy (non-hydrogen) atoms. The number of carbonyl (C=O) groups excluding carboxylic acids is 1. The molecule has 0 spiro atoms. The normalized spacial score (nSPS) is 12.9. The van der Waals surface area contributed by atoms with Gasteiger partial charge in [-0.15, -0.1) is 0 Å². The lowest BCUT2D eigenvalue weighted by Gasteiger charge is -2.15. The van der Waals surface area contributed by atoms with Crippen LogP contribution in [-0.4, -0.2) is 19.7 Å². The lowest BCUT2D eigenvalue weighted by atomic mass is 9.98. The Morgan fingerprint density at radius 1 is 1.30 bits per heavy atom. The predicted molar refractivity (Wildman–Crippen MR) is 81.0 cm³/mol. The average molecular weight is 276 g/mol. The SMILES string of the molecule is CCC(=CCOc1ccccc1C(C)CC)C(=O)OC. The summed E-state index contributed by atoms with van der Waals surface area (Å²) in [7, 11) is 1.39. The monoisotopic (exact) mass is 276 g/mol. The van der Waals surface area contributed by atoms with Gasteiger partial charge in [0.15, 0.2) is 0 Å². The summed E-state index contributed by atoms with van der Waals surface area (Å²) in [4.78, 5) is 11.5. The second-order valence-electron chi connectivity index (χ2n) is 4.73. The summed E-state index contributed by atoms with van der Waals surface area (Å²) in [6, 6.07) is 8.05. The standard InChI is InChI=1S/C17H24O3/c1-5-13(3)15-9-7-8-10-16(15)20-12-11-14(6-2)17(18)19-4/h7-11,13H,5-6,12H2,1-4H3. The molecule has 1 atom stereocenters. The summed E-state index contributed by atoms with van der Waals surface area (Å²) in [6.07, 6.45) is 3.50. The largest absolute Gasteiger partial charge is 0.489 e. The number of carbonyl (C=O) groups is 1. The molecular formula is C17H24O3. The minimum Gasteiger partial charge on any atom is -0.489 e. The Morgan fingerprint density at radius 3 is 2.60 bits per heavy atom. The molecule has 0 aromatic heterocycles. The van der Waals surface area contributed by atoms with Gasteiger partial charge in [0, 0.05) is 5.57 Å². The maximum absolute atomic E-state index is 11.5. The van der Waals surface area contributed by atoms with E-state index < -0.39 is 0 Å². The van der Waals surface area contributed by atoms with Gasteiger partial charge < -0.3 is 9.47 Å². The van der Waals surface area contributed by atoms with Crippen molar-refractivity contribution >= 4 is 5.97 Å². The van der Waals surface area contributed by atoms with Gasteiger partial charge in [-0.3, -0.25) is 0 Å². The van der Waals surface area contributed by atoms with Crippen LogP contribution in [0.15, 0.2) is 35.9 Å². The number of benzene rings is 1. The molecule has 0 aliphatic heterocycles. The van der Waals surface area contributed by atoms with Gasteiger partial charge in [0.25, 0.3) is 0 Å². The fourth-order valence-corrected chi connectivity index (χ4v) is 1.97. The zero-order valence-electron chi connectivity index (χ0n) is 12.8. The summed E-state index contributed by atoms with van der Waals surface area (Å²) in [5.41, 5.74) is 1.85. The van der Waals surface area contributed by atoms with Crippen molar-refractivity contribution in [1.82, 2.24) is 0 Å². The highest BCUT2D eigenvalue weighted by atomic mass is 16.5. The van der Waals surface area contributed by atoms with E-state index in [9.17, 15) is 4.79 Å². The summed E-state index contributed by atoms with van der Waals surface area (Å²) < 4.78 is 10.5. The van der Waals surface area contributed by atoms with Crippen LogP contribution in [0, 0.1) is 0 Å². The third-order valence-corrected chi connectivity index (χ3v) is 3.46. The Labute approximate surface area is 121 Å². The molecule has 3 heteroatoms. The first-order valence-electron chi connectivity index (χ1n) is 7.13. The molecule has 0 aliphatic carbocycles. The third kappa shape index (κ3) is 4.41. The molecule has 0 amide bonds. The first-order chi connectivity index (χ1) is 9.63. The van der Waals surface area contributed by atoms with Crippen LogP contribution in [0.4, 0.5) is 0 Å². The second kappa shape index (κ2) is 8.41. The van der Waals surface area contributed by atoms with E-state index in [4.69, 9.17) is 9.47 Å². The Balaban J connectivity index is 2.75. The highest BCUT2D eigenvalue weighted by Crippen LogP contribution is 2.28. The molecule has 110 valence electrons. The molecule has 0 saturated carbocycles. The van der Waals surface area contributed by atoms with Gasteiger partial charge in [-0.2, -0.15) is 0 Å². The van der Waals surface area contributed by atoms with Crippen LogP contribution in [0.3, 0.4) is 0 Å². The summed E-state index contributed by atoms with van der Waals surface area (Å²) in [5.74, 6) is 1.06. The van der Waals surface area contributed by atoms with E-state index in [2.05, 4.69) is 19.9 Å². The van der Waals surface area contributed by atoms with Gasteiger partial charge in [-0.1, -0.05) is 39.0 Å². The fourth-order valence-electron chi connectivity index (χ4n) is 1.97. The van der Waals surface area contributed by atoms with Crippen LogP contribution in [0.2, 0.25) is 0 Å². The lowest BCUT2D eigenvalue weighted by Crippen LogP contribution is -2.07. The molecule has 0 bridgehead atoms. The number of hydrogen-bond donors (Lipinski definition) is 0. The van der Waals surface area contributed by atoms with E-state index >= 15 is 0 Å². The third-order valence-electron chi connectivity index (χ3n) is 3.46. The maximum Gasteiger partial charge on any atom is 0.333 e. The highest BCUT2D eigenvalue weighted by Gasteiger charge is 2.10. The van der Waals surface area contributed by atoms with Gasteiger partial charge in [0.1, 0.15) is 12.4 Å². The zero-order valence-corrected chi connectivity index (χ0v) is 12.8. The first kappa shape index (κ1) is 16.3. The molecule has 3 nitrogen and oxygen atoms in total. The quantitative estimate of drug-likeness (QED) is 0.556. The smallest absolute Gasteiger partial charge is 0.333 e. The van der Waals surface area contributed by atoms with Gasteiger partial charge in [0.2, 0.25) is 0 Å². The molecule has 0 radical (unpaired) electrons. The van der Waals surface area contributed by atoms with Crippen LogP contribution in [0.25, 0.3) is 0 Å². The fraction of sp³-hybridized carbons (Fsp3) is 0.471. The van der Waals surface area contributed by atoms with E-state index in [1.165, 1.54) is 12.7 Å². The predicted octanol–water partition coefficient (Wildman–Crippen LogP) is 4.09. The lowest BCUT2D eigenvalue weighted by molar-refractivity contribution is -0.136. The number of methoxy groups -OCH3 is 1. The molecule has 0 N–H and O–H groups in total. The molecule has 0 saturated heterocycles. The Bertz CT molecular complexity index is 463. The van der Waals surface area contributed by atoms with Crippen LogP contribution < -0.4 is 4.74 Å². The van der Waals surface area contributed by atoms with Crippen molar-refractivity contribution in [2.75, 3.05) is 13.7 Å². The van der Waals surface area contributed by atoms with Crippen molar-refractivity contribution in [3.8, 4) is 5.75 Å². The van der Waals surface area contributed by atoms with E-state index in [0.29, 0.717) is 24.5 Å². The molecule has 1 aromatic rings. The van der Waals surface area contributed by atoms with Crippen LogP contribution in [-0.2, 0) is 9.53 Å². The Hall–Kier alpha value is -1.77. The van der Waals surface area contributed by atoms with Crippen molar-refractivity contribution in [3.05, 3.63) is 41.5 Å². The van der Waals surface area contributed by atoms with E-state index in [1.807, 2.05) is 25.1 Å². The van der Waals surface area contributed by atoms with E-state index in [0.717, 1.165) is 12.2 Å². The molecule has 1 rings (SSSR count). The minimum atomic E-state index is -0.286. The maximum atomic E-state index is 11.5. The summed E-state index contributed by atoms with van der Waals surface area (Å²) >= 11 is 0. The minimum absolute atomic E-state index is 0.286. The van der Waals surface area contributed by atoms with Crippen molar-refractivity contribution in [1.29, 1.82) is 0 Å². The van der Waals surface area contributed by atoms with Gasteiger partial charge >= 0.3 is 5.97 Å². The summed E-state index contributed by atoms with van der Waals surface area (Å²) in [5, 5.41) is 0. The number of hydrogen-bond acceptors (Lipinski definition) is 3. The van der Waals surface area contributed by atoms with Crippen molar-refractivity contribution < 1.29 is 14.3 Å². The van der Waals surface area contributed by atoms with Crippen LogP contribution in [0.5, 0.6) is 5.75 Å². The highest BCUT2D eigenvalue weighted by molar-refractivity contribution is 5.88. The second-order valence-corrected chi connectivity index (χ2v) is 4.73. The number of ether oxygens (including phenoxy) is 2.